The first kappa shape index (κ1) is 22.8. The average Bonchev–Trinajstić information content (AvgIpc) is 3.54. The second kappa shape index (κ2) is 10.5. The fraction of sp³-hybridized carbons (Fsp3) is 0.517. The van der Waals surface area contributed by atoms with E-state index in [4.69, 9.17) is 18.9 Å². The van der Waals surface area contributed by atoms with Crippen molar-refractivity contribution in [3.8, 4) is 0 Å². The van der Waals surface area contributed by atoms with Crippen LogP contribution >= 0.6 is 0 Å². The maximum absolute atomic E-state index is 6.27. The van der Waals surface area contributed by atoms with E-state index in [2.05, 4.69) is 61.5 Å². The fourth-order valence-corrected chi connectivity index (χ4v) is 5.29. The van der Waals surface area contributed by atoms with Gasteiger partial charge >= 0.3 is 0 Å². The first-order chi connectivity index (χ1) is 16.2. The molecule has 0 saturated carbocycles. The molecule has 0 aromatic heterocycles. The van der Waals surface area contributed by atoms with Crippen LogP contribution < -0.4 is 0 Å². The van der Waals surface area contributed by atoms with E-state index in [-0.39, 0.29) is 17.6 Å². The Labute approximate surface area is 197 Å². The third kappa shape index (κ3) is 5.58. The van der Waals surface area contributed by atoms with Crippen LogP contribution in [0.15, 0.2) is 54.6 Å². The van der Waals surface area contributed by atoms with Crippen molar-refractivity contribution in [3.05, 3.63) is 60.2 Å². The highest BCUT2D eigenvalue weighted by molar-refractivity contribution is 6.02. The molecule has 2 aliphatic rings. The molecule has 4 nitrogen and oxygen atoms in total. The average molecular weight is 449 g/mol. The Morgan fingerprint density at radius 1 is 0.788 bits per heavy atom. The second-order valence-electron chi connectivity index (χ2n) is 10.1. The van der Waals surface area contributed by atoms with Crippen LogP contribution in [-0.2, 0) is 25.4 Å². The molecule has 33 heavy (non-hydrogen) atoms. The van der Waals surface area contributed by atoms with Crippen molar-refractivity contribution >= 4 is 21.5 Å². The van der Waals surface area contributed by atoms with Gasteiger partial charge in [-0.15, -0.1) is 0 Å². The van der Waals surface area contributed by atoms with Crippen molar-refractivity contribution in [1.29, 1.82) is 0 Å². The smallest absolute Gasteiger partial charge is 0.0809 e. The number of fused-ring (bicyclic) bond motifs is 2. The first-order valence-electron chi connectivity index (χ1n) is 12.5. The SMILES string of the molecule is CC(COCC1CCCO1)(COCC1CCCO1)Cc1c2ccccc2cc2ccccc12. The lowest BCUT2D eigenvalue weighted by Gasteiger charge is -2.31. The molecular weight excluding hydrogens is 412 g/mol. The molecule has 5 rings (SSSR count). The summed E-state index contributed by atoms with van der Waals surface area (Å²) in [7, 11) is 0. The molecule has 3 aromatic rings. The summed E-state index contributed by atoms with van der Waals surface area (Å²) >= 11 is 0. The molecule has 2 aliphatic heterocycles. The molecule has 3 aromatic carbocycles. The van der Waals surface area contributed by atoms with E-state index in [1.165, 1.54) is 27.1 Å². The van der Waals surface area contributed by atoms with Gasteiger partial charge in [-0.3, -0.25) is 0 Å². The van der Waals surface area contributed by atoms with Gasteiger partial charge in [0.05, 0.1) is 38.6 Å². The van der Waals surface area contributed by atoms with Crippen molar-refractivity contribution in [3.63, 3.8) is 0 Å². The van der Waals surface area contributed by atoms with Gasteiger partial charge in [-0.2, -0.15) is 0 Å². The molecule has 0 radical (unpaired) electrons. The predicted molar refractivity (Wildman–Crippen MR) is 133 cm³/mol. The fourth-order valence-electron chi connectivity index (χ4n) is 5.29. The van der Waals surface area contributed by atoms with Gasteiger partial charge in [-0.05, 0) is 65.3 Å². The molecule has 2 atom stereocenters. The van der Waals surface area contributed by atoms with Crippen LogP contribution in [-0.4, -0.2) is 51.8 Å². The lowest BCUT2D eigenvalue weighted by atomic mass is 9.81. The Morgan fingerprint density at radius 2 is 1.30 bits per heavy atom. The van der Waals surface area contributed by atoms with E-state index >= 15 is 0 Å². The second-order valence-corrected chi connectivity index (χ2v) is 10.1. The monoisotopic (exact) mass is 448 g/mol. The first-order valence-corrected chi connectivity index (χ1v) is 12.5. The van der Waals surface area contributed by atoms with Gasteiger partial charge in [0.25, 0.3) is 0 Å². The third-order valence-electron chi connectivity index (χ3n) is 7.04. The molecule has 0 N–H and O–H groups in total. The van der Waals surface area contributed by atoms with Crippen LogP contribution in [0.5, 0.6) is 0 Å². The number of rotatable bonds is 10. The zero-order valence-corrected chi connectivity index (χ0v) is 19.8. The zero-order chi connectivity index (χ0) is 22.5. The quantitative estimate of drug-likeness (QED) is 0.360. The van der Waals surface area contributed by atoms with Gasteiger partial charge in [0.15, 0.2) is 0 Å². The summed E-state index contributed by atoms with van der Waals surface area (Å²) in [4.78, 5) is 0. The van der Waals surface area contributed by atoms with Crippen molar-refractivity contribution in [2.45, 2.75) is 51.2 Å². The Kier molecular flexibility index (Phi) is 7.27. The maximum atomic E-state index is 6.27. The number of ether oxygens (including phenoxy) is 4. The van der Waals surface area contributed by atoms with Gasteiger partial charge in [0.2, 0.25) is 0 Å². The maximum Gasteiger partial charge on any atom is 0.0809 e. The summed E-state index contributed by atoms with van der Waals surface area (Å²) in [5.41, 5.74) is 1.23. The summed E-state index contributed by atoms with van der Waals surface area (Å²) in [5, 5.41) is 5.21. The minimum Gasteiger partial charge on any atom is -0.378 e. The number of hydrogen-bond donors (Lipinski definition) is 0. The Balaban J connectivity index is 1.39. The molecule has 0 aliphatic carbocycles. The number of hydrogen-bond acceptors (Lipinski definition) is 4. The Morgan fingerprint density at radius 3 is 1.79 bits per heavy atom. The van der Waals surface area contributed by atoms with Crippen molar-refractivity contribution < 1.29 is 18.9 Å². The van der Waals surface area contributed by atoms with Crippen LogP contribution in [0.4, 0.5) is 0 Å². The van der Waals surface area contributed by atoms with Gasteiger partial charge in [-0.25, -0.2) is 0 Å². The predicted octanol–water partition coefficient (Wildman–Crippen LogP) is 5.93. The van der Waals surface area contributed by atoms with Crippen molar-refractivity contribution in [2.75, 3.05) is 39.6 Å². The summed E-state index contributed by atoms with van der Waals surface area (Å²) in [5.74, 6) is 0. The highest BCUT2D eigenvalue weighted by Crippen LogP contribution is 2.34. The number of benzene rings is 3. The van der Waals surface area contributed by atoms with Crippen LogP contribution in [0.2, 0.25) is 0 Å². The topological polar surface area (TPSA) is 36.9 Å². The molecule has 2 heterocycles. The molecule has 4 heteroatoms. The highest BCUT2D eigenvalue weighted by Gasteiger charge is 2.29. The normalized spacial score (nSPS) is 22.8. The molecule has 2 saturated heterocycles. The van der Waals surface area contributed by atoms with E-state index < -0.39 is 0 Å². The third-order valence-corrected chi connectivity index (χ3v) is 7.04. The van der Waals surface area contributed by atoms with E-state index in [0.717, 1.165) is 45.3 Å². The Hall–Kier alpha value is -1.98. The summed E-state index contributed by atoms with van der Waals surface area (Å²) in [6.07, 6.45) is 5.84. The van der Waals surface area contributed by atoms with Crippen LogP contribution in [0.25, 0.3) is 21.5 Å². The van der Waals surface area contributed by atoms with Crippen molar-refractivity contribution in [2.24, 2.45) is 5.41 Å². The standard InChI is InChI=1S/C29H36O4/c1-29(20-30-18-24-10-6-14-32-24,21-31-19-25-11-7-15-33-25)17-28-26-12-4-2-8-22(26)16-23-9-3-5-13-27(23)28/h2-5,8-9,12-13,16,24-25H,6-7,10-11,14-15,17-21H2,1H3. The van der Waals surface area contributed by atoms with Gasteiger partial charge in [0.1, 0.15) is 0 Å². The molecule has 176 valence electrons. The van der Waals surface area contributed by atoms with E-state index in [0.29, 0.717) is 26.4 Å². The molecule has 2 fully saturated rings. The molecule has 2 unspecified atom stereocenters. The van der Waals surface area contributed by atoms with E-state index in [1.807, 2.05) is 0 Å². The lowest BCUT2D eigenvalue weighted by Crippen LogP contribution is -2.34. The highest BCUT2D eigenvalue weighted by atomic mass is 16.5. The minimum absolute atomic E-state index is 0.149. The largest absolute Gasteiger partial charge is 0.378 e. The van der Waals surface area contributed by atoms with Gasteiger partial charge in [-0.1, -0.05) is 55.5 Å². The zero-order valence-electron chi connectivity index (χ0n) is 19.8. The van der Waals surface area contributed by atoms with E-state index in [9.17, 15) is 0 Å². The van der Waals surface area contributed by atoms with Crippen LogP contribution in [0.1, 0.15) is 38.2 Å². The van der Waals surface area contributed by atoms with Gasteiger partial charge in [0, 0.05) is 18.6 Å². The molecule has 0 spiro atoms. The van der Waals surface area contributed by atoms with Crippen LogP contribution in [0, 0.1) is 5.41 Å². The van der Waals surface area contributed by atoms with E-state index in [1.54, 1.807) is 0 Å². The minimum atomic E-state index is -0.149. The summed E-state index contributed by atoms with van der Waals surface area (Å²) in [6, 6.07) is 19.7. The van der Waals surface area contributed by atoms with Crippen LogP contribution in [0.3, 0.4) is 0 Å². The van der Waals surface area contributed by atoms with Gasteiger partial charge < -0.3 is 18.9 Å². The lowest BCUT2D eigenvalue weighted by molar-refractivity contribution is -0.0576. The molecular formula is C29H36O4. The molecule has 0 bridgehead atoms. The van der Waals surface area contributed by atoms with Crippen molar-refractivity contribution in [1.82, 2.24) is 0 Å². The Bertz CT molecular complexity index is 974. The molecule has 0 amide bonds. The summed E-state index contributed by atoms with van der Waals surface area (Å²) < 4.78 is 24.1. The summed E-state index contributed by atoms with van der Waals surface area (Å²) in [6.45, 7) is 6.64.